The van der Waals surface area contributed by atoms with E-state index in [4.69, 9.17) is 19.3 Å². The number of rotatable bonds is 5. The van der Waals surface area contributed by atoms with Gasteiger partial charge >= 0.3 is 18.2 Å². The lowest BCUT2D eigenvalue weighted by atomic mass is 9.96. The predicted octanol–water partition coefficient (Wildman–Crippen LogP) is 5.70. The first-order valence-electron chi connectivity index (χ1n) is 15.0. The van der Waals surface area contributed by atoms with Crippen LogP contribution in [0, 0.1) is 0 Å². The molecule has 1 aromatic heterocycles. The van der Waals surface area contributed by atoms with Crippen molar-refractivity contribution in [1.29, 1.82) is 0 Å². The summed E-state index contributed by atoms with van der Waals surface area (Å²) >= 11 is 0. The number of aromatic nitrogens is 2. The first kappa shape index (κ1) is 28.8. The summed E-state index contributed by atoms with van der Waals surface area (Å²) in [6.07, 6.45) is 2.40. The molecule has 1 aliphatic carbocycles. The van der Waals surface area contributed by atoms with E-state index in [2.05, 4.69) is 6.07 Å². The van der Waals surface area contributed by atoms with Gasteiger partial charge < -0.3 is 19.1 Å². The molecular weight excluding hydrogens is 548 g/mol. The summed E-state index contributed by atoms with van der Waals surface area (Å²) in [4.78, 5) is 42.2. The van der Waals surface area contributed by atoms with Crippen LogP contribution in [0.5, 0.6) is 5.75 Å². The zero-order valence-corrected chi connectivity index (χ0v) is 25.2. The third kappa shape index (κ3) is 6.23. The molecule has 1 atom stereocenters. The van der Waals surface area contributed by atoms with Crippen LogP contribution in [0.25, 0.3) is 5.69 Å². The smallest absolute Gasteiger partial charge is 0.410 e. The minimum absolute atomic E-state index is 0.162. The molecule has 10 nitrogen and oxygen atoms in total. The van der Waals surface area contributed by atoms with Crippen molar-refractivity contribution in [1.82, 2.24) is 19.6 Å². The van der Waals surface area contributed by atoms with Gasteiger partial charge in [0.2, 0.25) is 0 Å². The maximum Gasteiger partial charge on any atom is 0.410 e. The van der Waals surface area contributed by atoms with E-state index in [9.17, 15) is 14.4 Å². The lowest BCUT2D eigenvalue weighted by molar-refractivity contribution is -0.131. The second kappa shape index (κ2) is 11.4. The van der Waals surface area contributed by atoms with Crippen molar-refractivity contribution in [2.75, 3.05) is 19.6 Å². The molecule has 1 saturated carbocycles. The molecule has 3 aromatic rings. The Morgan fingerprint density at radius 1 is 0.977 bits per heavy atom. The molecule has 2 aromatic carbocycles. The van der Waals surface area contributed by atoms with Crippen LogP contribution in [-0.2, 0) is 33.7 Å². The molecule has 226 valence electrons. The third-order valence-electron chi connectivity index (χ3n) is 8.01. The Labute approximate surface area is 251 Å². The van der Waals surface area contributed by atoms with Crippen molar-refractivity contribution in [3.8, 4) is 11.4 Å². The topological polar surface area (TPSA) is 103 Å². The van der Waals surface area contributed by atoms with Gasteiger partial charge in [-0.05, 0) is 62.8 Å². The summed E-state index contributed by atoms with van der Waals surface area (Å²) in [5, 5.41) is 5.02. The zero-order valence-electron chi connectivity index (χ0n) is 25.2. The fourth-order valence-electron chi connectivity index (χ4n) is 5.92. The number of ether oxygens (including phenoxy) is 3. The standard InChI is InChI=1S/C33H38N4O6/c1-21(38)42-29-18-24(23-10-11-23)12-13-26(29)37-27-15-17-36(32(40)43-33(2,3)4)28-19-35(16-14-25(34-37)30(27)28)31(39)41-20-22-8-6-5-7-9-22/h5-9,12-13,18,23,28H,10-11,14-17,19-20H2,1-4H3. The average Bonchev–Trinajstić information content (AvgIpc) is 3.77. The number of esters is 1. The largest absolute Gasteiger partial charge is 0.445 e. The first-order chi connectivity index (χ1) is 20.6. The number of carbonyl (C=O) groups is 3. The number of nitrogens with zero attached hydrogens (tertiary/aromatic N) is 4. The van der Waals surface area contributed by atoms with E-state index in [1.54, 1.807) is 9.80 Å². The highest BCUT2D eigenvalue weighted by atomic mass is 16.6. The van der Waals surface area contributed by atoms with Gasteiger partial charge in [0.25, 0.3) is 0 Å². The molecule has 0 N–H and O–H groups in total. The second-order valence-electron chi connectivity index (χ2n) is 12.5. The number of hydrogen-bond donors (Lipinski definition) is 0. The summed E-state index contributed by atoms with van der Waals surface area (Å²) in [7, 11) is 0. The Balaban J connectivity index is 1.35. The van der Waals surface area contributed by atoms with Gasteiger partial charge in [0.05, 0.1) is 17.4 Å². The summed E-state index contributed by atoms with van der Waals surface area (Å²) in [6, 6.07) is 15.1. The first-order valence-corrected chi connectivity index (χ1v) is 15.0. The van der Waals surface area contributed by atoms with Gasteiger partial charge in [-0.15, -0.1) is 0 Å². The second-order valence-corrected chi connectivity index (χ2v) is 12.5. The van der Waals surface area contributed by atoms with Crippen LogP contribution in [0.1, 0.15) is 80.6 Å². The molecule has 0 spiro atoms. The van der Waals surface area contributed by atoms with Crippen LogP contribution in [-0.4, -0.2) is 63.0 Å². The third-order valence-corrected chi connectivity index (χ3v) is 8.01. The van der Waals surface area contributed by atoms with Gasteiger partial charge in [-0.25, -0.2) is 14.3 Å². The summed E-state index contributed by atoms with van der Waals surface area (Å²) in [6.45, 7) is 8.09. The highest BCUT2D eigenvalue weighted by molar-refractivity contribution is 5.73. The molecule has 3 aliphatic rings. The van der Waals surface area contributed by atoms with Gasteiger partial charge in [0.1, 0.15) is 17.9 Å². The molecule has 2 aliphatic heterocycles. The molecule has 0 saturated heterocycles. The maximum absolute atomic E-state index is 13.5. The maximum atomic E-state index is 13.5. The Bertz CT molecular complexity index is 1540. The van der Waals surface area contributed by atoms with Crippen molar-refractivity contribution < 1.29 is 28.6 Å². The van der Waals surface area contributed by atoms with Crippen LogP contribution >= 0.6 is 0 Å². The van der Waals surface area contributed by atoms with Gasteiger partial charge in [0.15, 0.2) is 5.75 Å². The Hall–Kier alpha value is -4.34. The van der Waals surface area contributed by atoms with E-state index >= 15 is 0 Å². The van der Waals surface area contributed by atoms with Crippen LogP contribution < -0.4 is 4.74 Å². The lowest BCUT2D eigenvalue weighted by Gasteiger charge is -2.38. The fraction of sp³-hybridized carbons (Fsp3) is 0.455. The number of amides is 2. The van der Waals surface area contributed by atoms with Crippen molar-refractivity contribution in [3.05, 3.63) is 76.6 Å². The van der Waals surface area contributed by atoms with Crippen molar-refractivity contribution in [3.63, 3.8) is 0 Å². The SMILES string of the molecule is CC(=O)Oc1cc(C2CC2)ccc1-n1nc2c3c1CCN(C(=O)OC(C)(C)C)C3CN(C(=O)OCc1ccccc1)CC2. The molecule has 10 heteroatoms. The zero-order chi connectivity index (χ0) is 30.3. The van der Waals surface area contributed by atoms with Crippen LogP contribution in [0.4, 0.5) is 9.59 Å². The Morgan fingerprint density at radius 3 is 2.44 bits per heavy atom. The number of carbonyl (C=O) groups excluding carboxylic acids is 3. The minimum atomic E-state index is -0.675. The monoisotopic (exact) mass is 586 g/mol. The fourth-order valence-corrected chi connectivity index (χ4v) is 5.92. The molecule has 3 heterocycles. The molecule has 1 fully saturated rings. The molecular formula is C33H38N4O6. The molecule has 6 rings (SSSR count). The van der Waals surface area contributed by atoms with Crippen LogP contribution in [0.3, 0.4) is 0 Å². The van der Waals surface area contributed by atoms with Crippen LogP contribution in [0.2, 0.25) is 0 Å². The Kier molecular flexibility index (Phi) is 7.62. The van der Waals surface area contributed by atoms with Gasteiger partial charge in [0, 0.05) is 45.0 Å². The molecule has 2 amide bonds. The molecule has 1 unspecified atom stereocenters. The summed E-state index contributed by atoms with van der Waals surface area (Å²) in [5.74, 6) is 0.577. The van der Waals surface area contributed by atoms with Gasteiger partial charge in [-0.3, -0.25) is 9.69 Å². The van der Waals surface area contributed by atoms with Crippen molar-refractivity contribution in [2.45, 2.75) is 77.5 Å². The van der Waals surface area contributed by atoms with E-state index in [1.165, 1.54) is 6.92 Å². The minimum Gasteiger partial charge on any atom is -0.445 e. The highest BCUT2D eigenvalue weighted by Gasteiger charge is 2.42. The molecule has 0 bridgehead atoms. The predicted molar refractivity (Wildman–Crippen MR) is 158 cm³/mol. The van der Waals surface area contributed by atoms with E-state index in [1.807, 2.05) is 67.9 Å². The van der Waals surface area contributed by atoms with E-state index < -0.39 is 29.8 Å². The van der Waals surface area contributed by atoms with Gasteiger partial charge in [-0.1, -0.05) is 36.4 Å². The van der Waals surface area contributed by atoms with Gasteiger partial charge in [-0.2, -0.15) is 5.10 Å². The Morgan fingerprint density at radius 2 is 1.74 bits per heavy atom. The normalized spacial score (nSPS) is 18.0. The lowest BCUT2D eigenvalue weighted by Crippen LogP contribution is -2.47. The molecule has 43 heavy (non-hydrogen) atoms. The van der Waals surface area contributed by atoms with E-state index in [-0.39, 0.29) is 13.2 Å². The van der Waals surface area contributed by atoms with Crippen molar-refractivity contribution >= 4 is 18.2 Å². The average molecular weight is 587 g/mol. The highest BCUT2D eigenvalue weighted by Crippen LogP contribution is 2.43. The van der Waals surface area contributed by atoms with E-state index in [0.717, 1.165) is 40.9 Å². The summed E-state index contributed by atoms with van der Waals surface area (Å²) in [5.41, 5.74) is 4.71. The number of benzene rings is 2. The summed E-state index contributed by atoms with van der Waals surface area (Å²) < 4.78 is 19.0. The van der Waals surface area contributed by atoms with Crippen LogP contribution in [0.15, 0.2) is 48.5 Å². The molecule has 0 radical (unpaired) electrons. The number of hydrogen-bond acceptors (Lipinski definition) is 7. The van der Waals surface area contributed by atoms with Crippen molar-refractivity contribution in [2.24, 2.45) is 0 Å². The quantitative estimate of drug-likeness (QED) is 0.279. The van der Waals surface area contributed by atoms with E-state index in [0.29, 0.717) is 43.3 Å².